The Labute approximate surface area is 161 Å². The summed E-state index contributed by atoms with van der Waals surface area (Å²) in [5, 5.41) is 12.3. The number of aryl methyl sites for hydroxylation is 2. The van der Waals surface area contributed by atoms with Crippen molar-refractivity contribution in [2.75, 3.05) is 12.8 Å². The van der Waals surface area contributed by atoms with Crippen molar-refractivity contribution in [1.82, 2.24) is 25.1 Å². The molecule has 2 aromatic carbocycles. The zero-order chi connectivity index (χ0) is 19.4. The molecule has 0 aliphatic rings. The Bertz CT molecular complexity index is 959. The summed E-state index contributed by atoms with van der Waals surface area (Å²) in [6, 6.07) is 12.4. The lowest BCUT2D eigenvalue weighted by molar-refractivity contribution is -0.127. The topological polar surface area (TPSA) is 63.9 Å². The van der Waals surface area contributed by atoms with E-state index in [1.165, 1.54) is 28.3 Å². The molecule has 0 saturated carbocycles. The lowest BCUT2D eigenvalue weighted by atomic mass is 10.1. The smallest absolute Gasteiger partial charge is 0.233 e. The molecule has 0 spiro atoms. The van der Waals surface area contributed by atoms with Crippen LogP contribution in [-0.4, -0.2) is 43.8 Å². The number of halogens is 1. The second-order valence-corrected chi connectivity index (χ2v) is 7.21. The number of benzene rings is 2. The minimum Gasteiger partial charge on any atom is -0.341 e. The Kier molecular flexibility index (Phi) is 5.85. The largest absolute Gasteiger partial charge is 0.341 e. The van der Waals surface area contributed by atoms with Crippen LogP contribution < -0.4 is 0 Å². The molecule has 1 aromatic heterocycles. The van der Waals surface area contributed by atoms with Crippen molar-refractivity contribution in [3.63, 3.8) is 0 Å². The Morgan fingerprint density at radius 2 is 1.96 bits per heavy atom. The van der Waals surface area contributed by atoms with E-state index in [2.05, 4.69) is 15.5 Å². The van der Waals surface area contributed by atoms with Crippen molar-refractivity contribution in [3.05, 3.63) is 65.0 Å². The molecule has 3 aromatic rings. The average molecular weight is 385 g/mol. The van der Waals surface area contributed by atoms with Gasteiger partial charge in [0.2, 0.25) is 11.1 Å². The van der Waals surface area contributed by atoms with Gasteiger partial charge < -0.3 is 4.90 Å². The van der Waals surface area contributed by atoms with E-state index in [0.717, 1.165) is 11.3 Å². The molecule has 0 bridgehead atoms. The summed E-state index contributed by atoms with van der Waals surface area (Å²) in [4.78, 5) is 13.9. The summed E-state index contributed by atoms with van der Waals surface area (Å²) in [5.74, 6) is -0.280. The third-order valence-corrected chi connectivity index (χ3v) is 5.20. The molecular weight excluding hydrogens is 365 g/mol. The maximum absolute atomic E-state index is 13.8. The van der Waals surface area contributed by atoms with Gasteiger partial charge in [0.05, 0.1) is 11.4 Å². The second kappa shape index (κ2) is 8.30. The van der Waals surface area contributed by atoms with Crippen LogP contribution in [0.3, 0.4) is 0 Å². The fraction of sp³-hybridized carbons (Fsp3) is 0.263. The van der Waals surface area contributed by atoms with Crippen LogP contribution in [-0.2, 0) is 11.3 Å². The summed E-state index contributed by atoms with van der Waals surface area (Å²) in [7, 11) is 1.65. The molecule has 0 N–H and O–H groups in total. The number of carbonyl (C=O) groups is 1. The molecule has 1 amide bonds. The molecule has 140 valence electrons. The van der Waals surface area contributed by atoms with Gasteiger partial charge in [-0.25, -0.2) is 4.39 Å². The number of thioether (sulfide) groups is 1. The van der Waals surface area contributed by atoms with E-state index in [4.69, 9.17) is 0 Å². The lowest BCUT2D eigenvalue weighted by Gasteiger charge is -2.17. The van der Waals surface area contributed by atoms with Crippen molar-refractivity contribution in [1.29, 1.82) is 0 Å². The molecule has 0 fully saturated rings. The van der Waals surface area contributed by atoms with E-state index in [9.17, 15) is 9.18 Å². The predicted octanol–water partition coefficient (Wildman–Crippen LogP) is 3.17. The normalized spacial score (nSPS) is 10.8. The molecule has 8 heteroatoms. The average Bonchev–Trinajstić information content (AvgIpc) is 3.12. The van der Waals surface area contributed by atoms with Crippen molar-refractivity contribution < 1.29 is 9.18 Å². The van der Waals surface area contributed by atoms with E-state index >= 15 is 0 Å². The maximum atomic E-state index is 13.8. The van der Waals surface area contributed by atoms with Crippen LogP contribution >= 0.6 is 11.8 Å². The van der Waals surface area contributed by atoms with Crippen LogP contribution in [0.15, 0.2) is 47.6 Å². The minimum absolute atomic E-state index is 0.127. The highest BCUT2D eigenvalue weighted by Crippen LogP contribution is 2.20. The third kappa shape index (κ3) is 4.51. The number of tetrazole rings is 1. The first-order valence-corrected chi connectivity index (χ1v) is 9.40. The molecule has 0 unspecified atom stereocenters. The van der Waals surface area contributed by atoms with Crippen LogP contribution in [0, 0.1) is 19.7 Å². The highest BCUT2D eigenvalue weighted by molar-refractivity contribution is 7.99. The standard InChI is InChI=1S/C19H20FN5OS/c1-13-8-9-16(10-14(13)2)25-19(21-22-23-25)27-12-18(26)24(3)11-15-6-4-5-7-17(15)20/h4-10H,11-12H2,1-3H3. The number of aromatic nitrogens is 4. The van der Waals surface area contributed by atoms with Gasteiger partial charge in [-0.2, -0.15) is 4.68 Å². The van der Waals surface area contributed by atoms with Crippen LogP contribution in [0.4, 0.5) is 4.39 Å². The van der Waals surface area contributed by atoms with Crippen molar-refractivity contribution in [3.8, 4) is 5.69 Å². The molecule has 0 aliphatic carbocycles. The fourth-order valence-electron chi connectivity index (χ4n) is 2.50. The zero-order valence-corrected chi connectivity index (χ0v) is 16.2. The van der Waals surface area contributed by atoms with Gasteiger partial charge in [0.25, 0.3) is 0 Å². The first-order valence-electron chi connectivity index (χ1n) is 8.42. The van der Waals surface area contributed by atoms with Crippen molar-refractivity contribution in [2.45, 2.75) is 25.5 Å². The van der Waals surface area contributed by atoms with Crippen LogP contribution in [0.5, 0.6) is 0 Å². The Hall–Kier alpha value is -2.74. The van der Waals surface area contributed by atoms with E-state index in [0.29, 0.717) is 10.7 Å². The van der Waals surface area contributed by atoms with Gasteiger partial charge in [-0.3, -0.25) is 4.79 Å². The van der Waals surface area contributed by atoms with Gasteiger partial charge in [-0.05, 0) is 53.6 Å². The minimum atomic E-state index is -0.316. The fourth-order valence-corrected chi connectivity index (χ4v) is 3.33. The summed E-state index contributed by atoms with van der Waals surface area (Å²) < 4.78 is 15.4. The Morgan fingerprint density at radius 1 is 1.19 bits per heavy atom. The zero-order valence-electron chi connectivity index (χ0n) is 15.4. The number of nitrogens with zero attached hydrogens (tertiary/aromatic N) is 5. The molecule has 6 nitrogen and oxygen atoms in total. The van der Waals surface area contributed by atoms with Crippen LogP contribution in [0.1, 0.15) is 16.7 Å². The number of rotatable bonds is 6. The molecule has 0 aliphatic heterocycles. The summed E-state index contributed by atoms with van der Waals surface area (Å²) in [5.41, 5.74) is 3.65. The van der Waals surface area contributed by atoms with E-state index in [-0.39, 0.29) is 24.0 Å². The number of hydrogen-bond donors (Lipinski definition) is 0. The van der Waals surface area contributed by atoms with Gasteiger partial charge >= 0.3 is 0 Å². The maximum Gasteiger partial charge on any atom is 0.233 e. The van der Waals surface area contributed by atoms with Gasteiger partial charge in [0, 0.05) is 19.2 Å². The SMILES string of the molecule is Cc1ccc(-n2nnnc2SCC(=O)N(C)Cc2ccccc2F)cc1C. The van der Waals surface area contributed by atoms with E-state index < -0.39 is 0 Å². The summed E-state index contributed by atoms with van der Waals surface area (Å²) >= 11 is 1.25. The Morgan fingerprint density at radius 3 is 2.70 bits per heavy atom. The van der Waals surface area contributed by atoms with Crippen LogP contribution in [0.2, 0.25) is 0 Å². The van der Waals surface area contributed by atoms with Gasteiger partial charge in [-0.1, -0.05) is 36.0 Å². The highest BCUT2D eigenvalue weighted by atomic mass is 32.2. The molecule has 1 heterocycles. The van der Waals surface area contributed by atoms with Gasteiger partial charge in [-0.15, -0.1) is 5.10 Å². The number of amides is 1. The molecule has 0 radical (unpaired) electrons. The lowest BCUT2D eigenvalue weighted by Crippen LogP contribution is -2.28. The van der Waals surface area contributed by atoms with Crippen LogP contribution in [0.25, 0.3) is 5.69 Å². The molecule has 0 saturated heterocycles. The number of carbonyl (C=O) groups excluding carboxylic acids is 1. The summed E-state index contributed by atoms with van der Waals surface area (Å²) in [6.45, 7) is 4.28. The third-order valence-electron chi connectivity index (χ3n) is 4.29. The van der Waals surface area contributed by atoms with Crippen molar-refractivity contribution >= 4 is 17.7 Å². The predicted molar refractivity (Wildman–Crippen MR) is 102 cm³/mol. The van der Waals surface area contributed by atoms with Gasteiger partial charge in [0.15, 0.2) is 0 Å². The monoisotopic (exact) mass is 385 g/mol. The highest BCUT2D eigenvalue weighted by Gasteiger charge is 2.15. The second-order valence-electron chi connectivity index (χ2n) is 6.27. The van der Waals surface area contributed by atoms with E-state index in [1.54, 1.807) is 29.9 Å². The molecular formula is C19H20FN5OS. The molecule has 0 atom stereocenters. The van der Waals surface area contributed by atoms with E-state index in [1.807, 2.05) is 32.0 Å². The first-order chi connectivity index (χ1) is 13.0. The van der Waals surface area contributed by atoms with Gasteiger partial charge in [0.1, 0.15) is 5.82 Å². The Balaban J connectivity index is 1.65. The van der Waals surface area contributed by atoms with Crippen molar-refractivity contribution in [2.24, 2.45) is 0 Å². The summed E-state index contributed by atoms with van der Waals surface area (Å²) in [6.07, 6.45) is 0. The molecule has 3 rings (SSSR count). The molecule has 27 heavy (non-hydrogen) atoms. The quantitative estimate of drug-likeness (QED) is 0.610. The first kappa shape index (κ1) is 19.0. The number of hydrogen-bond acceptors (Lipinski definition) is 5.